The van der Waals surface area contributed by atoms with Crippen LogP contribution in [0.2, 0.25) is 5.02 Å². The Morgan fingerprint density at radius 3 is 2.56 bits per heavy atom. The molecule has 90 valence electrons. The molecule has 2 heteroatoms. The van der Waals surface area contributed by atoms with Crippen LogP contribution in [0.4, 0.5) is 0 Å². The van der Waals surface area contributed by atoms with Gasteiger partial charge in [0.25, 0.3) is 0 Å². The zero-order valence-electron chi connectivity index (χ0n) is 10.7. The smallest absolute Gasteiger partial charge is 0.0408 e. The predicted molar refractivity (Wildman–Crippen MR) is 72.1 cm³/mol. The molecule has 0 heterocycles. The van der Waals surface area contributed by atoms with Crippen LogP contribution in [-0.4, -0.2) is 12.6 Å². The van der Waals surface area contributed by atoms with Gasteiger partial charge in [-0.15, -0.1) is 0 Å². The molecule has 16 heavy (non-hydrogen) atoms. The second-order valence-electron chi connectivity index (χ2n) is 5.68. The summed E-state index contributed by atoms with van der Waals surface area (Å²) >= 11 is 5.96. The maximum absolute atomic E-state index is 5.96. The van der Waals surface area contributed by atoms with Gasteiger partial charge in [0.05, 0.1) is 0 Å². The van der Waals surface area contributed by atoms with Gasteiger partial charge in [-0.05, 0) is 36.5 Å². The summed E-state index contributed by atoms with van der Waals surface area (Å²) in [4.78, 5) is 0. The van der Waals surface area contributed by atoms with E-state index in [1.54, 1.807) is 0 Å². The largest absolute Gasteiger partial charge is 0.313 e. The van der Waals surface area contributed by atoms with Crippen LogP contribution in [0.3, 0.4) is 0 Å². The van der Waals surface area contributed by atoms with E-state index in [9.17, 15) is 0 Å². The topological polar surface area (TPSA) is 12.0 Å². The molecule has 0 aliphatic carbocycles. The standard InChI is InChI=1S/C14H22ClN/c1-11(16-10-14(2,3)4)8-12-6-5-7-13(15)9-12/h5-7,9,11,16H,8,10H2,1-4H3. The first kappa shape index (κ1) is 13.5. The molecule has 0 spiro atoms. The fourth-order valence-corrected chi connectivity index (χ4v) is 1.78. The van der Waals surface area contributed by atoms with Gasteiger partial charge in [0.2, 0.25) is 0 Å². The minimum absolute atomic E-state index is 0.336. The average molecular weight is 240 g/mol. The van der Waals surface area contributed by atoms with Gasteiger partial charge in [-0.1, -0.05) is 44.5 Å². The van der Waals surface area contributed by atoms with E-state index in [2.05, 4.69) is 39.1 Å². The predicted octanol–water partition coefficient (Wildman–Crippen LogP) is 3.91. The Hall–Kier alpha value is -0.530. The molecule has 1 aromatic rings. The average Bonchev–Trinajstić information content (AvgIpc) is 2.14. The number of hydrogen-bond acceptors (Lipinski definition) is 1. The Balaban J connectivity index is 2.43. The van der Waals surface area contributed by atoms with Crippen LogP contribution in [0, 0.1) is 5.41 Å². The minimum Gasteiger partial charge on any atom is -0.313 e. The summed E-state index contributed by atoms with van der Waals surface area (Å²) in [7, 11) is 0. The monoisotopic (exact) mass is 239 g/mol. The zero-order valence-corrected chi connectivity index (χ0v) is 11.4. The van der Waals surface area contributed by atoms with Crippen LogP contribution >= 0.6 is 11.6 Å². The van der Waals surface area contributed by atoms with Crippen molar-refractivity contribution in [3.05, 3.63) is 34.9 Å². The first-order chi connectivity index (χ1) is 7.37. The lowest BCUT2D eigenvalue weighted by Crippen LogP contribution is -2.35. The molecule has 0 radical (unpaired) electrons. The van der Waals surface area contributed by atoms with Gasteiger partial charge in [-0.25, -0.2) is 0 Å². The Morgan fingerprint density at radius 2 is 2.00 bits per heavy atom. The third kappa shape index (κ3) is 5.53. The van der Waals surface area contributed by atoms with Gasteiger partial charge in [0.15, 0.2) is 0 Å². The normalized spacial score (nSPS) is 13.8. The molecule has 1 N–H and O–H groups in total. The summed E-state index contributed by atoms with van der Waals surface area (Å²) in [6.07, 6.45) is 1.02. The summed E-state index contributed by atoms with van der Waals surface area (Å²) in [5, 5.41) is 4.37. The maximum atomic E-state index is 5.96. The number of benzene rings is 1. The SMILES string of the molecule is CC(Cc1cccc(Cl)c1)NCC(C)(C)C. The van der Waals surface area contributed by atoms with Gasteiger partial charge >= 0.3 is 0 Å². The minimum atomic E-state index is 0.336. The van der Waals surface area contributed by atoms with Crippen molar-refractivity contribution in [2.24, 2.45) is 5.41 Å². The first-order valence-electron chi connectivity index (χ1n) is 5.85. The highest BCUT2D eigenvalue weighted by atomic mass is 35.5. The lowest BCUT2D eigenvalue weighted by Gasteiger charge is -2.22. The number of halogens is 1. The molecule has 1 atom stereocenters. The van der Waals surface area contributed by atoms with Crippen molar-refractivity contribution in [3.63, 3.8) is 0 Å². The molecule has 0 saturated carbocycles. The summed E-state index contributed by atoms with van der Waals surface area (Å²) in [5.74, 6) is 0. The highest BCUT2D eigenvalue weighted by molar-refractivity contribution is 6.30. The fraction of sp³-hybridized carbons (Fsp3) is 0.571. The van der Waals surface area contributed by atoms with Crippen LogP contribution in [0.25, 0.3) is 0 Å². The number of rotatable bonds is 4. The second-order valence-corrected chi connectivity index (χ2v) is 6.11. The lowest BCUT2D eigenvalue weighted by molar-refractivity contribution is 0.356. The van der Waals surface area contributed by atoms with Crippen molar-refractivity contribution >= 4 is 11.6 Å². The highest BCUT2D eigenvalue weighted by Gasteiger charge is 2.11. The molecule has 1 nitrogen and oxygen atoms in total. The van der Waals surface area contributed by atoms with Crippen LogP contribution < -0.4 is 5.32 Å². The summed E-state index contributed by atoms with van der Waals surface area (Å²) in [6.45, 7) is 9.98. The highest BCUT2D eigenvalue weighted by Crippen LogP contribution is 2.14. The lowest BCUT2D eigenvalue weighted by atomic mass is 9.96. The van der Waals surface area contributed by atoms with Crippen LogP contribution in [0.5, 0.6) is 0 Å². The number of hydrogen-bond donors (Lipinski definition) is 1. The molecule has 0 aliphatic heterocycles. The second kappa shape index (κ2) is 5.70. The van der Waals surface area contributed by atoms with E-state index in [0.717, 1.165) is 18.0 Å². The summed E-state index contributed by atoms with van der Waals surface area (Å²) < 4.78 is 0. The molecule has 1 rings (SSSR count). The van der Waals surface area contributed by atoms with Crippen molar-refractivity contribution in [1.82, 2.24) is 5.32 Å². The van der Waals surface area contributed by atoms with Crippen LogP contribution in [0.1, 0.15) is 33.3 Å². The van der Waals surface area contributed by atoms with Gasteiger partial charge in [0.1, 0.15) is 0 Å². The van der Waals surface area contributed by atoms with Crippen molar-refractivity contribution < 1.29 is 0 Å². The molecule has 1 aromatic carbocycles. The van der Waals surface area contributed by atoms with Gasteiger partial charge in [0, 0.05) is 17.6 Å². The molecule has 0 saturated heterocycles. The Labute approximate surface area is 104 Å². The zero-order chi connectivity index (χ0) is 12.2. The summed E-state index contributed by atoms with van der Waals surface area (Å²) in [6, 6.07) is 8.57. The third-order valence-electron chi connectivity index (χ3n) is 2.41. The maximum Gasteiger partial charge on any atom is 0.0408 e. The number of nitrogens with one attached hydrogen (secondary N) is 1. The molecule has 0 fully saturated rings. The van der Waals surface area contributed by atoms with Crippen LogP contribution in [0.15, 0.2) is 24.3 Å². The van der Waals surface area contributed by atoms with E-state index in [1.807, 2.05) is 18.2 Å². The van der Waals surface area contributed by atoms with E-state index in [0.29, 0.717) is 11.5 Å². The summed E-state index contributed by atoms with van der Waals surface area (Å²) in [5.41, 5.74) is 1.63. The van der Waals surface area contributed by atoms with Crippen LogP contribution in [-0.2, 0) is 6.42 Å². The Kier molecular flexibility index (Phi) is 4.82. The first-order valence-corrected chi connectivity index (χ1v) is 6.22. The molecule has 0 aromatic heterocycles. The van der Waals surface area contributed by atoms with Crippen molar-refractivity contribution in [2.45, 2.75) is 40.2 Å². The van der Waals surface area contributed by atoms with E-state index >= 15 is 0 Å². The molecule has 1 unspecified atom stereocenters. The van der Waals surface area contributed by atoms with Gasteiger partial charge < -0.3 is 5.32 Å². The quantitative estimate of drug-likeness (QED) is 0.840. The van der Waals surface area contributed by atoms with E-state index in [4.69, 9.17) is 11.6 Å². The molecular formula is C14H22ClN. The van der Waals surface area contributed by atoms with Gasteiger partial charge in [-0.3, -0.25) is 0 Å². The molecular weight excluding hydrogens is 218 g/mol. The third-order valence-corrected chi connectivity index (χ3v) is 2.65. The molecule has 0 aliphatic rings. The van der Waals surface area contributed by atoms with Crippen molar-refractivity contribution in [1.29, 1.82) is 0 Å². The molecule has 0 bridgehead atoms. The molecule has 0 amide bonds. The van der Waals surface area contributed by atoms with E-state index in [1.165, 1.54) is 5.56 Å². The van der Waals surface area contributed by atoms with Crippen molar-refractivity contribution in [3.8, 4) is 0 Å². The van der Waals surface area contributed by atoms with E-state index < -0.39 is 0 Å². The van der Waals surface area contributed by atoms with Gasteiger partial charge in [-0.2, -0.15) is 0 Å². The fourth-order valence-electron chi connectivity index (χ4n) is 1.57. The van der Waals surface area contributed by atoms with Crippen molar-refractivity contribution in [2.75, 3.05) is 6.54 Å². The Morgan fingerprint density at radius 1 is 1.31 bits per heavy atom. The van der Waals surface area contributed by atoms with E-state index in [-0.39, 0.29) is 0 Å². The Bertz CT molecular complexity index is 328.